The fourth-order valence-corrected chi connectivity index (χ4v) is 5.23. The van der Waals surface area contributed by atoms with Crippen LogP contribution in [0.4, 0.5) is 5.69 Å². The first-order valence-corrected chi connectivity index (χ1v) is 11.8. The number of nitro groups is 1. The average Bonchev–Trinajstić information content (AvgIpc) is 3.69. The average molecular weight is 500 g/mol. The van der Waals surface area contributed by atoms with Crippen LogP contribution in [0.1, 0.15) is 57.5 Å². The molecule has 0 N–H and O–H groups in total. The minimum absolute atomic E-state index is 0.0241. The zero-order valence-electron chi connectivity index (χ0n) is 19.4. The van der Waals surface area contributed by atoms with E-state index in [1.165, 1.54) is 17.3 Å². The molecule has 3 aromatic rings. The summed E-state index contributed by atoms with van der Waals surface area (Å²) in [5, 5.41) is 17.1. The molecule has 3 aliphatic rings. The summed E-state index contributed by atoms with van der Waals surface area (Å²) in [5.74, 6) is -0.901. The SMILES string of the molecule is O=C1c2ccc([N+](=O)[O-])cc2C(=O)N1CC(=O)N1N=C2C(=Cc3ccco3)CCCC2C1c1ccco1. The van der Waals surface area contributed by atoms with Crippen molar-refractivity contribution in [3.05, 3.63) is 93.3 Å². The van der Waals surface area contributed by atoms with E-state index in [4.69, 9.17) is 8.83 Å². The Bertz CT molecular complexity index is 1490. The molecule has 2 aromatic heterocycles. The van der Waals surface area contributed by atoms with Crippen molar-refractivity contribution >= 4 is 35.2 Å². The van der Waals surface area contributed by atoms with Gasteiger partial charge in [-0.1, -0.05) is 0 Å². The van der Waals surface area contributed by atoms with Crippen LogP contribution < -0.4 is 0 Å². The maximum absolute atomic E-state index is 13.6. The number of imide groups is 1. The highest BCUT2D eigenvalue weighted by molar-refractivity contribution is 6.22. The van der Waals surface area contributed by atoms with E-state index in [2.05, 4.69) is 5.10 Å². The number of hydrogen-bond acceptors (Lipinski definition) is 8. The van der Waals surface area contributed by atoms with Gasteiger partial charge in [-0.05, 0) is 61.2 Å². The zero-order valence-corrected chi connectivity index (χ0v) is 19.4. The van der Waals surface area contributed by atoms with Crippen LogP contribution in [-0.4, -0.2) is 44.8 Å². The topological polar surface area (TPSA) is 139 Å². The molecule has 1 aliphatic carbocycles. The molecule has 0 spiro atoms. The predicted octanol–water partition coefficient (Wildman–Crippen LogP) is 4.20. The first-order valence-electron chi connectivity index (χ1n) is 11.8. The van der Waals surface area contributed by atoms with Crippen LogP contribution >= 0.6 is 0 Å². The Balaban J connectivity index is 1.32. The summed E-state index contributed by atoms with van der Waals surface area (Å²) in [6, 6.07) is 10.1. The second kappa shape index (κ2) is 8.70. The van der Waals surface area contributed by atoms with Gasteiger partial charge >= 0.3 is 0 Å². The summed E-state index contributed by atoms with van der Waals surface area (Å²) in [7, 11) is 0. The van der Waals surface area contributed by atoms with E-state index in [1.807, 2.05) is 12.1 Å². The van der Waals surface area contributed by atoms with E-state index in [9.17, 15) is 24.5 Å². The summed E-state index contributed by atoms with van der Waals surface area (Å²) in [4.78, 5) is 50.7. The Morgan fingerprint density at radius 2 is 1.89 bits per heavy atom. The maximum atomic E-state index is 13.6. The summed E-state index contributed by atoms with van der Waals surface area (Å²) in [5.41, 5.74) is 1.31. The van der Waals surface area contributed by atoms with Crippen LogP contribution in [-0.2, 0) is 4.79 Å². The van der Waals surface area contributed by atoms with E-state index in [0.717, 1.165) is 47.6 Å². The van der Waals surface area contributed by atoms with Crippen LogP contribution in [0.5, 0.6) is 0 Å². The highest BCUT2D eigenvalue weighted by Crippen LogP contribution is 2.44. The summed E-state index contributed by atoms with van der Waals surface area (Å²) < 4.78 is 11.1. The Hall–Kier alpha value is -4.80. The number of furan rings is 2. The fraction of sp³-hybridized carbons (Fsp3) is 0.231. The van der Waals surface area contributed by atoms with E-state index >= 15 is 0 Å². The molecule has 1 fully saturated rings. The number of fused-ring (bicyclic) bond motifs is 2. The third-order valence-electron chi connectivity index (χ3n) is 6.91. The third-order valence-corrected chi connectivity index (χ3v) is 6.91. The van der Waals surface area contributed by atoms with Crippen molar-refractivity contribution in [3.63, 3.8) is 0 Å². The molecule has 2 atom stereocenters. The lowest BCUT2D eigenvalue weighted by molar-refractivity contribution is -0.384. The Kier molecular flexibility index (Phi) is 5.32. The van der Waals surface area contributed by atoms with E-state index in [1.54, 1.807) is 24.5 Å². The quantitative estimate of drug-likeness (QED) is 0.291. The molecule has 37 heavy (non-hydrogen) atoms. The molecule has 2 aliphatic heterocycles. The van der Waals surface area contributed by atoms with Gasteiger partial charge in [0.1, 0.15) is 24.1 Å². The first-order chi connectivity index (χ1) is 17.9. The number of allylic oxidation sites excluding steroid dienone is 1. The Labute approximate surface area is 209 Å². The van der Waals surface area contributed by atoms with Gasteiger partial charge in [-0.15, -0.1) is 0 Å². The first kappa shape index (κ1) is 22.7. The fourth-order valence-electron chi connectivity index (χ4n) is 5.23. The van der Waals surface area contributed by atoms with E-state index < -0.39 is 35.2 Å². The van der Waals surface area contributed by atoms with Gasteiger partial charge in [-0.3, -0.25) is 29.4 Å². The van der Waals surface area contributed by atoms with Crippen LogP contribution in [0.3, 0.4) is 0 Å². The lowest BCUT2D eigenvalue weighted by Gasteiger charge is -2.28. The summed E-state index contributed by atoms with van der Waals surface area (Å²) in [6.07, 6.45) is 7.44. The van der Waals surface area contributed by atoms with Gasteiger partial charge < -0.3 is 8.83 Å². The van der Waals surface area contributed by atoms with Crippen LogP contribution in [0, 0.1) is 16.0 Å². The monoisotopic (exact) mass is 500 g/mol. The third kappa shape index (κ3) is 3.75. The van der Waals surface area contributed by atoms with Crippen molar-refractivity contribution in [2.75, 3.05) is 6.54 Å². The number of nitro benzene ring substituents is 1. The van der Waals surface area contributed by atoms with Crippen molar-refractivity contribution in [2.45, 2.75) is 25.3 Å². The van der Waals surface area contributed by atoms with E-state index in [0.29, 0.717) is 11.5 Å². The minimum atomic E-state index is -0.755. The molecule has 4 heterocycles. The van der Waals surface area contributed by atoms with Gasteiger partial charge in [0.25, 0.3) is 23.4 Å². The normalized spacial score (nSPS) is 21.8. The lowest BCUT2D eigenvalue weighted by Crippen LogP contribution is -2.41. The molecule has 6 rings (SSSR count). The minimum Gasteiger partial charge on any atom is -0.467 e. The molecule has 1 saturated carbocycles. The summed E-state index contributed by atoms with van der Waals surface area (Å²) >= 11 is 0. The molecule has 0 bridgehead atoms. The van der Waals surface area contributed by atoms with Gasteiger partial charge in [0.05, 0.1) is 34.3 Å². The smallest absolute Gasteiger partial charge is 0.270 e. The lowest BCUT2D eigenvalue weighted by atomic mass is 9.79. The molecule has 11 nitrogen and oxygen atoms in total. The number of non-ortho nitro benzene ring substituents is 1. The zero-order chi connectivity index (χ0) is 25.7. The van der Waals surface area contributed by atoms with Crippen LogP contribution in [0.15, 0.2) is 74.5 Å². The highest BCUT2D eigenvalue weighted by atomic mass is 16.6. The Morgan fingerprint density at radius 3 is 2.62 bits per heavy atom. The molecule has 3 amide bonds. The van der Waals surface area contributed by atoms with Crippen molar-refractivity contribution in [3.8, 4) is 0 Å². The molecule has 1 aromatic carbocycles. The second-order valence-electron chi connectivity index (χ2n) is 9.05. The van der Waals surface area contributed by atoms with Crippen LogP contribution in [0.25, 0.3) is 6.08 Å². The Morgan fingerprint density at radius 1 is 1.11 bits per heavy atom. The van der Waals surface area contributed by atoms with Crippen molar-refractivity contribution in [2.24, 2.45) is 11.0 Å². The van der Waals surface area contributed by atoms with E-state index in [-0.39, 0.29) is 22.7 Å². The highest BCUT2D eigenvalue weighted by Gasteiger charge is 2.47. The van der Waals surface area contributed by atoms with Crippen molar-refractivity contribution < 1.29 is 28.1 Å². The molecular formula is C26H20N4O7. The van der Waals surface area contributed by atoms with Crippen LogP contribution in [0.2, 0.25) is 0 Å². The number of rotatable bonds is 5. The van der Waals surface area contributed by atoms with Gasteiger partial charge in [-0.2, -0.15) is 5.10 Å². The van der Waals surface area contributed by atoms with Gasteiger partial charge in [0, 0.05) is 18.1 Å². The second-order valence-corrected chi connectivity index (χ2v) is 9.05. The number of carbonyl (C=O) groups is 3. The van der Waals surface area contributed by atoms with Gasteiger partial charge in [0.2, 0.25) is 0 Å². The standard InChI is InChI=1S/C26H20N4O7/c31-22(14-28-25(32)18-9-8-16(30(34)35)13-20(18)26(28)33)29-24(21-7-3-11-37-21)19-6-1-4-15(23(19)27-29)12-17-5-2-10-36-17/h2-3,5,7-13,19,24H,1,4,6,14H2. The maximum Gasteiger partial charge on any atom is 0.270 e. The van der Waals surface area contributed by atoms with Gasteiger partial charge in [-0.25, -0.2) is 5.01 Å². The molecule has 0 radical (unpaired) electrons. The summed E-state index contributed by atoms with van der Waals surface area (Å²) in [6.45, 7) is -0.557. The number of amides is 3. The number of hydrogen-bond donors (Lipinski definition) is 0. The number of benzene rings is 1. The molecule has 11 heteroatoms. The van der Waals surface area contributed by atoms with Crippen molar-refractivity contribution in [1.82, 2.24) is 9.91 Å². The largest absolute Gasteiger partial charge is 0.467 e. The number of nitrogens with zero attached hydrogens (tertiary/aromatic N) is 4. The molecular weight excluding hydrogens is 480 g/mol. The predicted molar refractivity (Wildman–Crippen MR) is 128 cm³/mol. The molecule has 0 saturated heterocycles. The molecule has 186 valence electrons. The number of hydrazone groups is 1. The number of carbonyl (C=O) groups excluding carboxylic acids is 3. The molecule has 2 unspecified atom stereocenters. The van der Waals surface area contributed by atoms with Gasteiger partial charge in [0.15, 0.2) is 0 Å². The van der Waals surface area contributed by atoms with Crippen molar-refractivity contribution in [1.29, 1.82) is 0 Å².